The van der Waals surface area contributed by atoms with Crippen molar-refractivity contribution in [1.82, 2.24) is 5.32 Å². The number of rotatable bonds is 8. The fourth-order valence-electron chi connectivity index (χ4n) is 2.54. The van der Waals surface area contributed by atoms with E-state index >= 15 is 0 Å². The van der Waals surface area contributed by atoms with E-state index < -0.39 is 27.7 Å². The van der Waals surface area contributed by atoms with Crippen LogP contribution in [0.15, 0.2) is 70.4 Å². The standard InChI is InChI=1S/C20H18FN3O6S/c1-29-18-7-4-15(23-19(25)11-22-20(26)13-8-9-30-12-13)10-17(18)24-31(27,28)16-5-2-14(21)3-6-16/h2-10,12,24H,11H2,1H3,(H,22,26)(H,23,25). The lowest BCUT2D eigenvalue weighted by Crippen LogP contribution is -2.32. The topological polar surface area (TPSA) is 127 Å². The molecule has 2 amide bonds. The van der Waals surface area contributed by atoms with Gasteiger partial charge in [-0.05, 0) is 48.5 Å². The fraction of sp³-hybridized carbons (Fsp3) is 0.100. The lowest BCUT2D eigenvalue weighted by molar-refractivity contribution is -0.115. The van der Waals surface area contributed by atoms with Crippen LogP contribution in [0.3, 0.4) is 0 Å². The van der Waals surface area contributed by atoms with Crippen LogP contribution in [0.4, 0.5) is 15.8 Å². The molecule has 0 unspecified atom stereocenters. The first-order valence-electron chi connectivity index (χ1n) is 8.85. The summed E-state index contributed by atoms with van der Waals surface area (Å²) in [6.45, 7) is -0.313. The van der Waals surface area contributed by atoms with Gasteiger partial charge in [0.05, 0.1) is 36.1 Å². The zero-order valence-corrected chi connectivity index (χ0v) is 17.0. The van der Waals surface area contributed by atoms with Crippen molar-refractivity contribution < 1.29 is 31.6 Å². The van der Waals surface area contributed by atoms with E-state index in [2.05, 4.69) is 15.4 Å². The maximum absolute atomic E-state index is 13.1. The summed E-state index contributed by atoms with van der Waals surface area (Å²) in [5.74, 6) is -1.38. The predicted octanol–water partition coefficient (Wildman–Crippen LogP) is 2.60. The van der Waals surface area contributed by atoms with Crippen LogP contribution in [0.5, 0.6) is 5.75 Å². The average molecular weight is 447 g/mol. The molecule has 9 nitrogen and oxygen atoms in total. The summed E-state index contributed by atoms with van der Waals surface area (Å²) in [6.07, 6.45) is 2.58. The van der Waals surface area contributed by atoms with Gasteiger partial charge in [-0.15, -0.1) is 0 Å². The Morgan fingerprint density at radius 3 is 2.48 bits per heavy atom. The zero-order valence-electron chi connectivity index (χ0n) is 16.2. The Kier molecular flexibility index (Phi) is 6.55. The number of ether oxygens (including phenoxy) is 1. The number of anilines is 2. The van der Waals surface area contributed by atoms with E-state index in [4.69, 9.17) is 9.15 Å². The van der Waals surface area contributed by atoms with Gasteiger partial charge in [0.15, 0.2) is 0 Å². The van der Waals surface area contributed by atoms with Gasteiger partial charge >= 0.3 is 0 Å². The monoisotopic (exact) mass is 447 g/mol. The molecule has 31 heavy (non-hydrogen) atoms. The fourth-order valence-corrected chi connectivity index (χ4v) is 3.61. The second kappa shape index (κ2) is 9.30. The van der Waals surface area contributed by atoms with Crippen molar-refractivity contribution in [3.8, 4) is 5.75 Å². The molecule has 0 spiro atoms. The summed E-state index contributed by atoms with van der Waals surface area (Å²) < 4.78 is 50.5. The molecule has 1 aromatic heterocycles. The minimum absolute atomic E-state index is 0.0621. The second-order valence-corrected chi connectivity index (χ2v) is 7.90. The molecule has 3 N–H and O–H groups in total. The largest absolute Gasteiger partial charge is 0.495 e. The zero-order chi connectivity index (χ0) is 22.4. The van der Waals surface area contributed by atoms with Crippen LogP contribution in [-0.4, -0.2) is 33.9 Å². The molecule has 0 aliphatic carbocycles. The number of nitrogens with one attached hydrogen (secondary N) is 3. The lowest BCUT2D eigenvalue weighted by Gasteiger charge is -2.14. The quantitative estimate of drug-likeness (QED) is 0.487. The minimum atomic E-state index is -4.03. The Balaban J connectivity index is 1.70. The van der Waals surface area contributed by atoms with Crippen molar-refractivity contribution in [1.29, 1.82) is 0 Å². The Labute approximate surface area is 177 Å². The van der Waals surface area contributed by atoms with E-state index in [0.29, 0.717) is 0 Å². The number of halogens is 1. The molecule has 2 aromatic carbocycles. The maximum Gasteiger partial charge on any atom is 0.262 e. The molecule has 1 heterocycles. The molecule has 11 heteroatoms. The van der Waals surface area contributed by atoms with Crippen LogP contribution in [0.1, 0.15) is 10.4 Å². The van der Waals surface area contributed by atoms with Gasteiger partial charge in [0, 0.05) is 5.69 Å². The average Bonchev–Trinajstić information content (AvgIpc) is 3.27. The molecule has 0 aliphatic rings. The molecule has 3 rings (SSSR count). The molecule has 0 fully saturated rings. The highest BCUT2D eigenvalue weighted by Crippen LogP contribution is 2.30. The van der Waals surface area contributed by atoms with Crippen LogP contribution in [-0.2, 0) is 14.8 Å². The van der Waals surface area contributed by atoms with Gasteiger partial charge in [0.1, 0.15) is 17.8 Å². The maximum atomic E-state index is 13.1. The van der Waals surface area contributed by atoms with Gasteiger partial charge in [0.25, 0.3) is 15.9 Å². The summed E-state index contributed by atoms with van der Waals surface area (Å²) in [4.78, 5) is 23.8. The van der Waals surface area contributed by atoms with E-state index in [0.717, 1.165) is 24.3 Å². The third kappa shape index (κ3) is 5.60. The third-order valence-electron chi connectivity index (χ3n) is 4.04. The summed E-state index contributed by atoms with van der Waals surface area (Å²) in [6, 6.07) is 10.1. The van der Waals surface area contributed by atoms with Crippen LogP contribution < -0.4 is 20.1 Å². The van der Waals surface area contributed by atoms with Crippen LogP contribution in [0.25, 0.3) is 0 Å². The summed E-state index contributed by atoms with van der Waals surface area (Å²) in [5.41, 5.74) is 0.599. The molecule has 0 aliphatic heterocycles. The summed E-state index contributed by atoms with van der Waals surface area (Å²) in [7, 11) is -2.67. The summed E-state index contributed by atoms with van der Waals surface area (Å²) >= 11 is 0. The number of carbonyl (C=O) groups is 2. The van der Waals surface area contributed by atoms with Crippen molar-refractivity contribution in [3.05, 3.63) is 72.4 Å². The van der Waals surface area contributed by atoms with E-state index in [1.807, 2.05) is 0 Å². The van der Waals surface area contributed by atoms with Gasteiger partial charge in [-0.3, -0.25) is 14.3 Å². The van der Waals surface area contributed by atoms with Crippen LogP contribution in [0.2, 0.25) is 0 Å². The molecule has 3 aromatic rings. The molecule has 0 bridgehead atoms. The molecule has 0 atom stereocenters. The van der Waals surface area contributed by atoms with Crippen molar-refractivity contribution in [2.24, 2.45) is 0 Å². The number of benzene rings is 2. The second-order valence-electron chi connectivity index (χ2n) is 6.22. The Bertz CT molecular complexity index is 1180. The highest BCUT2D eigenvalue weighted by molar-refractivity contribution is 7.92. The molecule has 162 valence electrons. The molecule has 0 radical (unpaired) electrons. The highest BCUT2D eigenvalue weighted by atomic mass is 32.2. The van der Waals surface area contributed by atoms with Gasteiger partial charge < -0.3 is 19.8 Å². The first-order chi connectivity index (χ1) is 14.8. The van der Waals surface area contributed by atoms with E-state index in [1.54, 1.807) is 0 Å². The van der Waals surface area contributed by atoms with Gasteiger partial charge in [-0.2, -0.15) is 0 Å². The number of amides is 2. The van der Waals surface area contributed by atoms with E-state index in [9.17, 15) is 22.4 Å². The lowest BCUT2D eigenvalue weighted by atomic mass is 10.2. The molecule has 0 saturated carbocycles. The van der Waals surface area contributed by atoms with Crippen molar-refractivity contribution in [2.75, 3.05) is 23.7 Å². The number of hydrogen-bond acceptors (Lipinski definition) is 6. The Morgan fingerprint density at radius 2 is 1.84 bits per heavy atom. The van der Waals surface area contributed by atoms with Crippen LogP contribution >= 0.6 is 0 Å². The minimum Gasteiger partial charge on any atom is -0.495 e. The first-order valence-corrected chi connectivity index (χ1v) is 10.3. The van der Waals surface area contributed by atoms with E-state index in [1.165, 1.54) is 43.9 Å². The smallest absolute Gasteiger partial charge is 0.262 e. The normalized spacial score (nSPS) is 10.9. The van der Waals surface area contributed by atoms with Gasteiger partial charge in [0.2, 0.25) is 5.91 Å². The number of carbonyl (C=O) groups excluding carboxylic acids is 2. The van der Waals surface area contributed by atoms with Crippen molar-refractivity contribution in [3.63, 3.8) is 0 Å². The van der Waals surface area contributed by atoms with Gasteiger partial charge in [-0.25, -0.2) is 12.8 Å². The van der Waals surface area contributed by atoms with Gasteiger partial charge in [-0.1, -0.05) is 0 Å². The number of hydrogen-bond donors (Lipinski definition) is 3. The summed E-state index contributed by atoms with van der Waals surface area (Å²) in [5, 5.41) is 4.98. The SMILES string of the molecule is COc1ccc(NC(=O)CNC(=O)c2ccoc2)cc1NS(=O)(=O)c1ccc(F)cc1. The van der Waals surface area contributed by atoms with Crippen molar-refractivity contribution in [2.45, 2.75) is 4.90 Å². The molecular weight excluding hydrogens is 429 g/mol. The Hall–Kier alpha value is -3.86. The third-order valence-corrected chi connectivity index (χ3v) is 5.43. The number of furan rings is 1. The number of sulfonamides is 1. The molecular formula is C20H18FN3O6S. The first kappa shape index (κ1) is 21.8. The number of methoxy groups -OCH3 is 1. The predicted molar refractivity (Wildman–Crippen MR) is 110 cm³/mol. The van der Waals surface area contributed by atoms with E-state index in [-0.39, 0.29) is 34.1 Å². The molecule has 0 saturated heterocycles. The highest BCUT2D eigenvalue weighted by Gasteiger charge is 2.18. The Morgan fingerprint density at radius 1 is 1.10 bits per heavy atom. The van der Waals surface area contributed by atoms with Crippen LogP contribution in [0, 0.1) is 5.82 Å². The van der Waals surface area contributed by atoms with Crippen molar-refractivity contribution >= 4 is 33.2 Å².